The lowest BCUT2D eigenvalue weighted by atomic mass is 9.98. The number of halogens is 1. The van der Waals surface area contributed by atoms with E-state index in [4.69, 9.17) is 20.8 Å². The summed E-state index contributed by atoms with van der Waals surface area (Å²) in [6.45, 7) is 5.46. The van der Waals surface area contributed by atoms with E-state index in [1.165, 1.54) is 14.0 Å². The van der Waals surface area contributed by atoms with E-state index in [1.54, 1.807) is 19.1 Å². The third kappa shape index (κ3) is 3.49. The van der Waals surface area contributed by atoms with Gasteiger partial charge in [0, 0.05) is 36.2 Å². The molecule has 2 heterocycles. The molecule has 1 N–H and O–H groups in total. The van der Waals surface area contributed by atoms with Crippen LogP contribution in [0.2, 0.25) is 5.02 Å². The number of carbonyl (C=O) groups is 1. The Balaban J connectivity index is 2.22. The van der Waals surface area contributed by atoms with Gasteiger partial charge in [-0.25, -0.2) is 0 Å². The van der Waals surface area contributed by atoms with Crippen molar-refractivity contribution in [3.63, 3.8) is 0 Å². The van der Waals surface area contributed by atoms with E-state index >= 15 is 0 Å². The summed E-state index contributed by atoms with van der Waals surface area (Å²) in [6.07, 6.45) is 0.424. The fourth-order valence-corrected chi connectivity index (χ4v) is 3.63. The highest BCUT2D eigenvalue weighted by Gasteiger charge is 2.28. The number of pyridine rings is 1. The molecule has 0 atom stereocenters. The number of furan rings is 1. The molecular weight excluding hydrogens is 408 g/mol. The SMILES string of the molecule is COCCCn1c(O)c(C(=O)c2oc3cc(C)c(Cl)cc3c2C)c(C)c(C#N)c1=O. The molecule has 0 saturated carbocycles. The van der Waals surface area contributed by atoms with Crippen molar-refractivity contribution in [2.75, 3.05) is 13.7 Å². The van der Waals surface area contributed by atoms with Crippen LogP contribution in [0.15, 0.2) is 21.3 Å². The van der Waals surface area contributed by atoms with Gasteiger partial charge in [-0.15, -0.1) is 0 Å². The van der Waals surface area contributed by atoms with Crippen LogP contribution < -0.4 is 5.56 Å². The Morgan fingerprint density at radius 2 is 2.00 bits per heavy atom. The first-order valence-corrected chi connectivity index (χ1v) is 9.70. The Morgan fingerprint density at radius 3 is 2.63 bits per heavy atom. The molecule has 0 unspecified atom stereocenters. The Hall–Kier alpha value is -3.08. The minimum atomic E-state index is -0.649. The van der Waals surface area contributed by atoms with Crippen molar-refractivity contribution in [1.82, 2.24) is 4.57 Å². The summed E-state index contributed by atoms with van der Waals surface area (Å²) in [5.74, 6) is -1.08. The molecule has 0 spiro atoms. The smallest absolute Gasteiger partial charge is 0.271 e. The van der Waals surface area contributed by atoms with Gasteiger partial charge in [0.2, 0.25) is 11.7 Å². The lowest BCUT2D eigenvalue weighted by Crippen LogP contribution is -2.27. The maximum Gasteiger partial charge on any atom is 0.271 e. The Labute approximate surface area is 178 Å². The Kier molecular flexibility index (Phi) is 6.01. The van der Waals surface area contributed by atoms with Gasteiger partial charge < -0.3 is 14.3 Å². The molecule has 0 aliphatic rings. The number of nitrogens with zero attached hydrogens (tertiary/aromatic N) is 2. The number of ether oxygens (including phenoxy) is 1. The largest absolute Gasteiger partial charge is 0.494 e. The second-order valence-electron chi connectivity index (χ2n) is 7.10. The standard InChI is InChI=1S/C22H21ClN2O5/c1-11-8-17-14(9-16(11)23)13(3)20(30-17)19(26)18-12(2)15(10-24)21(27)25(22(18)28)6-5-7-29-4/h8-9,28H,5-7H2,1-4H3. The zero-order valence-corrected chi connectivity index (χ0v) is 17.9. The van der Waals surface area contributed by atoms with Gasteiger partial charge in [-0.05, 0) is 50.5 Å². The van der Waals surface area contributed by atoms with Crippen molar-refractivity contribution in [1.29, 1.82) is 5.26 Å². The Morgan fingerprint density at radius 1 is 1.30 bits per heavy atom. The molecule has 0 aliphatic carbocycles. The molecule has 156 valence electrons. The first kappa shape index (κ1) is 21.6. The van der Waals surface area contributed by atoms with Gasteiger partial charge in [0.05, 0.1) is 5.56 Å². The molecule has 8 heteroatoms. The number of fused-ring (bicyclic) bond motifs is 1. The van der Waals surface area contributed by atoms with E-state index in [1.807, 2.05) is 13.0 Å². The van der Waals surface area contributed by atoms with Crippen LogP contribution in [0.3, 0.4) is 0 Å². The van der Waals surface area contributed by atoms with Gasteiger partial charge in [0.15, 0.2) is 5.76 Å². The van der Waals surface area contributed by atoms with E-state index in [9.17, 15) is 20.0 Å². The molecule has 1 aromatic carbocycles. The number of rotatable bonds is 6. The average Bonchev–Trinajstić information content (AvgIpc) is 3.01. The van der Waals surface area contributed by atoms with Crippen LogP contribution in [0.25, 0.3) is 11.0 Å². The summed E-state index contributed by atoms with van der Waals surface area (Å²) < 4.78 is 11.8. The highest BCUT2D eigenvalue weighted by molar-refractivity contribution is 6.32. The zero-order chi connectivity index (χ0) is 22.2. The van der Waals surface area contributed by atoms with Crippen molar-refractivity contribution >= 4 is 28.4 Å². The molecule has 0 amide bonds. The molecule has 0 fully saturated rings. The minimum Gasteiger partial charge on any atom is -0.494 e. The van der Waals surface area contributed by atoms with Crippen molar-refractivity contribution in [2.45, 2.75) is 33.7 Å². The monoisotopic (exact) mass is 428 g/mol. The van der Waals surface area contributed by atoms with Crippen molar-refractivity contribution in [3.05, 3.63) is 61.1 Å². The number of hydrogen-bond donors (Lipinski definition) is 1. The van der Waals surface area contributed by atoms with Crippen LogP contribution in [-0.4, -0.2) is 29.2 Å². The second-order valence-corrected chi connectivity index (χ2v) is 7.50. The zero-order valence-electron chi connectivity index (χ0n) is 17.1. The Bertz CT molecular complexity index is 1260. The van der Waals surface area contributed by atoms with Crippen LogP contribution in [0, 0.1) is 32.1 Å². The first-order valence-electron chi connectivity index (χ1n) is 9.32. The highest BCUT2D eigenvalue weighted by Crippen LogP contribution is 2.33. The number of carbonyl (C=O) groups excluding carboxylic acids is 1. The van der Waals surface area contributed by atoms with E-state index in [0.717, 1.165) is 10.1 Å². The summed E-state index contributed by atoms with van der Waals surface area (Å²) >= 11 is 6.20. The van der Waals surface area contributed by atoms with Crippen LogP contribution in [0.4, 0.5) is 0 Å². The van der Waals surface area contributed by atoms with E-state index < -0.39 is 17.2 Å². The normalized spacial score (nSPS) is 11.1. The molecule has 0 radical (unpaired) electrons. The third-order valence-electron chi connectivity index (χ3n) is 5.18. The minimum absolute atomic E-state index is 0.0241. The van der Waals surface area contributed by atoms with Crippen molar-refractivity contribution in [2.24, 2.45) is 0 Å². The molecule has 0 aliphatic heterocycles. The number of aromatic hydroxyl groups is 1. The summed E-state index contributed by atoms with van der Waals surface area (Å²) in [6, 6.07) is 5.31. The number of ketones is 1. The van der Waals surface area contributed by atoms with Gasteiger partial charge in [-0.3, -0.25) is 14.2 Å². The molecule has 7 nitrogen and oxygen atoms in total. The number of nitriles is 1. The molecule has 3 rings (SSSR count). The van der Waals surface area contributed by atoms with Crippen LogP contribution >= 0.6 is 11.6 Å². The number of aryl methyl sites for hydroxylation is 2. The van der Waals surface area contributed by atoms with E-state index in [2.05, 4.69) is 0 Å². The maximum absolute atomic E-state index is 13.4. The quantitative estimate of drug-likeness (QED) is 0.469. The van der Waals surface area contributed by atoms with Crippen LogP contribution in [0.5, 0.6) is 5.88 Å². The maximum atomic E-state index is 13.4. The predicted octanol–water partition coefficient (Wildman–Crippen LogP) is 4.02. The van der Waals surface area contributed by atoms with Gasteiger partial charge in [-0.2, -0.15) is 5.26 Å². The van der Waals surface area contributed by atoms with E-state index in [-0.39, 0.29) is 29.0 Å². The van der Waals surface area contributed by atoms with Gasteiger partial charge >= 0.3 is 0 Å². The lowest BCUT2D eigenvalue weighted by Gasteiger charge is -2.15. The number of methoxy groups -OCH3 is 1. The van der Waals surface area contributed by atoms with Crippen molar-refractivity contribution < 1.29 is 19.1 Å². The van der Waals surface area contributed by atoms with Crippen LogP contribution in [0.1, 0.15) is 44.8 Å². The number of aromatic nitrogens is 1. The summed E-state index contributed by atoms with van der Waals surface area (Å²) in [5.41, 5.74) is 0.991. The molecule has 3 aromatic rings. The van der Waals surface area contributed by atoms with Gasteiger partial charge in [-0.1, -0.05) is 11.6 Å². The molecule has 0 saturated heterocycles. The summed E-state index contributed by atoms with van der Waals surface area (Å²) in [5, 5.41) is 21.5. The third-order valence-corrected chi connectivity index (χ3v) is 5.59. The molecule has 0 bridgehead atoms. The second kappa shape index (κ2) is 8.34. The van der Waals surface area contributed by atoms with Crippen LogP contribution in [-0.2, 0) is 11.3 Å². The average molecular weight is 429 g/mol. The fraction of sp³-hybridized carbons (Fsp3) is 0.318. The molecule has 30 heavy (non-hydrogen) atoms. The summed E-state index contributed by atoms with van der Waals surface area (Å²) in [7, 11) is 1.52. The molecule has 2 aromatic heterocycles. The molecular formula is C22H21ClN2O5. The highest BCUT2D eigenvalue weighted by atomic mass is 35.5. The number of benzene rings is 1. The van der Waals surface area contributed by atoms with Crippen molar-refractivity contribution in [3.8, 4) is 11.9 Å². The predicted molar refractivity (Wildman–Crippen MR) is 112 cm³/mol. The summed E-state index contributed by atoms with van der Waals surface area (Å²) in [4.78, 5) is 26.0. The van der Waals surface area contributed by atoms with E-state index in [0.29, 0.717) is 34.6 Å². The lowest BCUT2D eigenvalue weighted by molar-refractivity contribution is 0.100. The fourth-order valence-electron chi connectivity index (χ4n) is 3.47. The van der Waals surface area contributed by atoms with Gasteiger partial charge in [0.1, 0.15) is 17.2 Å². The van der Waals surface area contributed by atoms with Gasteiger partial charge in [0.25, 0.3) is 5.56 Å². The number of hydrogen-bond acceptors (Lipinski definition) is 6. The topological polar surface area (TPSA) is 105 Å². The first-order chi connectivity index (χ1) is 14.2.